The number of hydrogen-bond donors (Lipinski definition) is 0. The Bertz CT molecular complexity index is 1360. The van der Waals surface area contributed by atoms with Gasteiger partial charge in [-0.15, -0.1) is 0 Å². The summed E-state index contributed by atoms with van der Waals surface area (Å²) in [5, 5.41) is 0.218. The minimum atomic E-state index is -0.679. The molecular formula is C24H15FO7. The largest absolute Gasteiger partial charge is 0.465 e. The van der Waals surface area contributed by atoms with Crippen molar-refractivity contribution in [3.05, 3.63) is 100 Å². The molecule has 0 amide bonds. The van der Waals surface area contributed by atoms with E-state index in [1.165, 1.54) is 61.7 Å². The van der Waals surface area contributed by atoms with Crippen molar-refractivity contribution >= 4 is 22.9 Å². The molecule has 1 aromatic heterocycles. The summed E-state index contributed by atoms with van der Waals surface area (Å²) in [6, 6.07) is 15.3. The quantitative estimate of drug-likeness (QED) is 0.331. The number of carbonyl (C=O) groups excluding carboxylic acids is 2. The fraction of sp³-hybridized carbons (Fsp3) is 0.0417. The number of ether oxygens (including phenoxy) is 3. The molecule has 7 nitrogen and oxygen atoms in total. The second-order valence-electron chi connectivity index (χ2n) is 6.60. The topological polar surface area (TPSA) is 92.0 Å². The van der Waals surface area contributed by atoms with Crippen LogP contribution in [0.2, 0.25) is 0 Å². The van der Waals surface area contributed by atoms with Crippen LogP contribution in [-0.4, -0.2) is 19.0 Å². The van der Waals surface area contributed by atoms with Crippen LogP contribution in [0, 0.1) is 5.82 Å². The summed E-state index contributed by atoms with van der Waals surface area (Å²) in [5.41, 5.74) is 0.274. The molecule has 3 aromatic carbocycles. The maximum absolute atomic E-state index is 13.0. The highest BCUT2D eigenvalue weighted by Gasteiger charge is 2.13. The van der Waals surface area contributed by atoms with Gasteiger partial charge in [-0.05, 0) is 60.7 Å². The molecular weight excluding hydrogens is 419 g/mol. The van der Waals surface area contributed by atoms with Gasteiger partial charge in [0.25, 0.3) is 0 Å². The van der Waals surface area contributed by atoms with Gasteiger partial charge in [-0.2, -0.15) is 0 Å². The Morgan fingerprint density at radius 3 is 2.16 bits per heavy atom. The number of benzene rings is 3. The summed E-state index contributed by atoms with van der Waals surface area (Å²) in [7, 11) is 1.28. The van der Waals surface area contributed by atoms with Crippen molar-refractivity contribution in [1.29, 1.82) is 0 Å². The van der Waals surface area contributed by atoms with E-state index < -0.39 is 23.2 Å². The van der Waals surface area contributed by atoms with E-state index in [4.69, 9.17) is 13.9 Å². The molecule has 0 bridgehead atoms. The molecule has 0 saturated carbocycles. The molecule has 0 spiro atoms. The smallest absolute Gasteiger partial charge is 0.343 e. The molecule has 0 radical (unpaired) electrons. The second kappa shape index (κ2) is 8.73. The zero-order chi connectivity index (χ0) is 22.7. The number of hydrogen-bond acceptors (Lipinski definition) is 7. The van der Waals surface area contributed by atoms with Gasteiger partial charge in [0.2, 0.25) is 11.2 Å². The van der Waals surface area contributed by atoms with E-state index >= 15 is 0 Å². The lowest BCUT2D eigenvalue weighted by Crippen LogP contribution is -2.09. The van der Waals surface area contributed by atoms with Crippen molar-refractivity contribution in [2.45, 2.75) is 0 Å². The highest BCUT2D eigenvalue weighted by atomic mass is 19.1. The Morgan fingerprint density at radius 1 is 0.844 bits per heavy atom. The third kappa shape index (κ3) is 4.34. The summed E-state index contributed by atoms with van der Waals surface area (Å²) in [5.74, 6) is -1.21. The average molecular weight is 434 g/mol. The Labute approximate surface area is 180 Å². The first-order valence-corrected chi connectivity index (χ1v) is 9.34. The van der Waals surface area contributed by atoms with Crippen LogP contribution in [0.15, 0.2) is 82.2 Å². The molecule has 0 N–H and O–H groups in total. The Balaban J connectivity index is 1.54. The predicted molar refractivity (Wildman–Crippen MR) is 112 cm³/mol. The lowest BCUT2D eigenvalue weighted by Gasteiger charge is -2.08. The monoisotopic (exact) mass is 434 g/mol. The molecule has 160 valence electrons. The zero-order valence-corrected chi connectivity index (χ0v) is 16.7. The van der Waals surface area contributed by atoms with E-state index in [2.05, 4.69) is 4.74 Å². The van der Waals surface area contributed by atoms with Crippen LogP contribution < -0.4 is 14.9 Å². The van der Waals surface area contributed by atoms with E-state index in [1.807, 2.05) is 0 Å². The SMILES string of the molecule is COC(=O)c1ccc(Oc2coc3cc(OC(=O)c4ccc(F)cc4)ccc3c2=O)cc1. The van der Waals surface area contributed by atoms with Crippen molar-refractivity contribution in [3.8, 4) is 17.2 Å². The minimum absolute atomic E-state index is 0.0561. The summed E-state index contributed by atoms with van der Waals surface area (Å²) in [6.07, 6.45) is 1.14. The number of esters is 2. The first-order chi connectivity index (χ1) is 15.4. The number of rotatable bonds is 5. The maximum Gasteiger partial charge on any atom is 0.343 e. The molecule has 0 aliphatic heterocycles. The molecule has 32 heavy (non-hydrogen) atoms. The van der Waals surface area contributed by atoms with Gasteiger partial charge in [0.15, 0.2) is 0 Å². The third-order valence-electron chi connectivity index (χ3n) is 4.51. The van der Waals surface area contributed by atoms with E-state index in [1.54, 1.807) is 0 Å². The molecule has 4 aromatic rings. The lowest BCUT2D eigenvalue weighted by atomic mass is 10.2. The first-order valence-electron chi connectivity index (χ1n) is 9.34. The van der Waals surface area contributed by atoms with Crippen LogP contribution >= 0.6 is 0 Å². The minimum Gasteiger partial charge on any atom is -0.465 e. The van der Waals surface area contributed by atoms with Crippen molar-refractivity contribution in [2.24, 2.45) is 0 Å². The van der Waals surface area contributed by atoms with Gasteiger partial charge in [-0.25, -0.2) is 14.0 Å². The van der Waals surface area contributed by atoms with E-state index in [0.717, 1.165) is 18.4 Å². The van der Waals surface area contributed by atoms with Crippen LogP contribution in [0.4, 0.5) is 4.39 Å². The van der Waals surface area contributed by atoms with Gasteiger partial charge >= 0.3 is 11.9 Å². The van der Waals surface area contributed by atoms with E-state index in [9.17, 15) is 18.8 Å². The van der Waals surface area contributed by atoms with Crippen LogP contribution in [0.3, 0.4) is 0 Å². The van der Waals surface area contributed by atoms with Crippen molar-refractivity contribution in [1.82, 2.24) is 0 Å². The Morgan fingerprint density at radius 2 is 1.47 bits per heavy atom. The van der Waals surface area contributed by atoms with Crippen molar-refractivity contribution < 1.29 is 32.6 Å². The van der Waals surface area contributed by atoms with E-state index in [-0.39, 0.29) is 28.0 Å². The molecule has 0 fully saturated rings. The van der Waals surface area contributed by atoms with Gasteiger partial charge in [-0.1, -0.05) is 0 Å². The van der Waals surface area contributed by atoms with Gasteiger partial charge in [0.1, 0.15) is 29.2 Å². The van der Waals surface area contributed by atoms with Crippen LogP contribution in [0.5, 0.6) is 17.2 Å². The zero-order valence-electron chi connectivity index (χ0n) is 16.7. The molecule has 1 heterocycles. The summed E-state index contributed by atoms with van der Waals surface area (Å²) < 4.78 is 33.9. The molecule has 0 aliphatic carbocycles. The van der Waals surface area contributed by atoms with Crippen molar-refractivity contribution in [3.63, 3.8) is 0 Å². The van der Waals surface area contributed by atoms with E-state index in [0.29, 0.717) is 11.3 Å². The Kier molecular flexibility index (Phi) is 5.67. The standard InChI is InChI=1S/C24H15FO7/c1-29-23(27)14-4-8-17(9-5-14)31-21-13-30-20-12-18(10-11-19(20)22(21)26)32-24(28)15-2-6-16(25)7-3-15/h2-13H,1H3. The highest BCUT2D eigenvalue weighted by molar-refractivity contribution is 5.91. The summed E-state index contributed by atoms with van der Waals surface area (Å²) in [6.45, 7) is 0. The third-order valence-corrected chi connectivity index (χ3v) is 4.51. The average Bonchev–Trinajstić information content (AvgIpc) is 2.81. The lowest BCUT2D eigenvalue weighted by molar-refractivity contribution is 0.0600. The maximum atomic E-state index is 13.0. The van der Waals surface area contributed by atoms with Crippen LogP contribution in [-0.2, 0) is 4.74 Å². The number of fused-ring (bicyclic) bond motifs is 1. The van der Waals surface area contributed by atoms with Crippen molar-refractivity contribution in [2.75, 3.05) is 7.11 Å². The molecule has 4 rings (SSSR count). The molecule has 0 aliphatic rings. The molecule has 0 saturated heterocycles. The van der Waals surface area contributed by atoms with Gasteiger partial charge in [0.05, 0.1) is 23.6 Å². The first kappa shape index (κ1) is 20.8. The van der Waals surface area contributed by atoms with Gasteiger partial charge < -0.3 is 18.6 Å². The molecule has 0 atom stereocenters. The Hall–Kier alpha value is -4.46. The number of carbonyl (C=O) groups is 2. The highest BCUT2D eigenvalue weighted by Crippen LogP contribution is 2.25. The summed E-state index contributed by atoms with van der Waals surface area (Å²) in [4.78, 5) is 36.4. The number of halogens is 1. The predicted octanol–water partition coefficient (Wildman–Crippen LogP) is 4.73. The fourth-order valence-electron chi connectivity index (χ4n) is 2.88. The van der Waals surface area contributed by atoms with Gasteiger partial charge in [0, 0.05) is 6.07 Å². The number of methoxy groups -OCH3 is 1. The normalized spacial score (nSPS) is 10.6. The van der Waals surface area contributed by atoms with Gasteiger partial charge in [-0.3, -0.25) is 4.79 Å². The fourth-order valence-corrected chi connectivity index (χ4v) is 2.88. The van der Waals surface area contributed by atoms with Crippen LogP contribution in [0.25, 0.3) is 11.0 Å². The summed E-state index contributed by atoms with van der Waals surface area (Å²) >= 11 is 0. The second-order valence-corrected chi connectivity index (χ2v) is 6.60. The molecule has 8 heteroatoms. The molecule has 0 unspecified atom stereocenters. The van der Waals surface area contributed by atoms with Crippen LogP contribution in [0.1, 0.15) is 20.7 Å².